The lowest BCUT2D eigenvalue weighted by Gasteiger charge is -2.21. The molecular formula is C24H28N2. The van der Waals surface area contributed by atoms with Gasteiger partial charge in [0.2, 0.25) is 0 Å². The van der Waals surface area contributed by atoms with Gasteiger partial charge in [0.05, 0.1) is 11.4 Å². The standard InChI is InChI=1S/C24H28N2/c1-5-18(4)26-24-22(20-12-8-17(3)9-13-20)15-14-21(23(24)25)19-10-6-16(2)7-11-19/h6-15,18,26H,5,25H2,1-4H3. The number of hydrogen-bond donors (Lipinski definition) is 2. The molecule has 26 heavy (non-hydrogen) atoms. The maximum atomic E-state index is 6.66. The van der Waals surface area contributed by atoms with Gasteiger partial charge in [-0.3, -0.25) is 0 Å². The predicted molar refractivity (Wildman–Crippen MR) is 115 cm³/mol. The second-order valence-corrected chi connectivity index (χ2v) is 7.14. The Hall–Kier alpha value is -2.74. The summed E-state index contributed by atoms with van der Waals surface area (Å²) in [6.45, 7) is 8.58. The molecule has 0 aliphatic carbocycles. The average Bonchev–Trinajstić information content (AvgIpc) is 2.65. The Bertz CT molecular complexity index is 877. The van der Waals surface area contributed by atoms with E-state index in [-0.39, 0.29) is 0 Å². The second kappa shape index (κ2) is 7.65. The molecule has 0 aliphatic rings. The highest BCUT2D eigenvalue weighted by Crippen LogP contribution is 2.40. The minimum Gasteiger partial charge on any atom is -0.397 e. The van der Waals surface area contributed by atoms with Crippen LogP contribution in [0.4, 0.5) is 11.4 Å². The fraction of sp³-hybridized carbons (Fsp3) is 0.250. The van der Waals surface area contributed by atoms with Gasteiger partial charge in [0.1, 0.15) is 0 Å². The summed E-state index contributed by atoms with van der Waals surface area (Å²) in [5, 5.41) is 3.64. The van der Waals surface area contributed by atoms with Gasteiger partial charge in [-0.1, -0.05) is 78.7 Å². The van der Waals surface area contributed by atoms with Crippen LogP contribution < -0.4 is 11.1 Å². The van der Waals surface area contributed by atoms with Gasteiger partial charge in [-0.25, -0.2) is 0 Å². The van der Waals surface area contributed by atoms with Crippen molar-refractivity contribution < 1.29 is 0 Å². The number of nitrogen functional groups attached to an aromatic ring is 1. The molecule has 3 aromatic carbocycles. The molecule has 0 heterocycles. The van der Waals surface area contributed by atoms with Crippen LogP contribution in [0.25, 0.3) is 22.3 Å². The molecule has 0 saturated carbocycles. The molecule has 1 atom stereocenters. The van der Waals surface area contributed by atoms with E-state index in [4.69, 9.17) is 5.73 Å². The van der Waals surface area contributed by atoms with E-state index in [9.17, 15) is 0 Å². The van der Waals surface area contributed by atoms with Crippen LogP contribution >= 0.6 is 0 Å². The summed E-state index contributed by atoms with van der Waals surface area (Å²) in [6.07, 6.45) is 1.04. The summed E-state index contributed by atoms with van der Waals surface area (Å²) in [5.74, 6) is 0. The Kier molecular flexibility index (Phi) is 5.32. The molecule has 0 aliphatic heterocycles. The number of rotatable bonds is 5. The van der Waals surface area contributed by atoms with E-state index in [0.29, 0.717) is 6.04 Å². The zero-order valence-corrected chi connectivity index (χ0v) is 16.1. The Balaban J connectivity index is 2.14. The lowest BCUT2D eigenvalue weighted by Crippen LogP contribution is -2.16. The number of anilines is 2. The van der Waals surface area contributed by atoms with Crippen molar-refractivity contribution in [1.29, 1.82) is 0 Å². The Morgan fingerprint density at radius 3 is 1.73 bits per heavy atom. The van der Waals surface area contributed by atoms with Gasteiger partial charge in [0.15, 0.2) is 0 Å². The molecule has 2 heteroatoms. The summed E-state index contributed by atoms with van der Waals surface area (Å²) < 4.78 is 0. The molecule has 2 nitrogen and oxygen atoms in total. The fourth-order valence-corrected chi connectivity index (χ4v) is 3.08. The van der Waals surface area contributed by atoms with Gasteiger partial charge in [0.25, 0.3) is 0 Å². The normalized spacial score (nSPS) is 12.0. The quantitative estimate of drug-likeness (QED) is 0.523. The SMILES string of the molecule is CCC(C)Nc1c(-c2ccc(C)cc2)ccc(-c2ccc(C)cc2)c1N. The number of nitrogens with one attached hydrogen (secondary N) is 1. The molecule has 0 bridgehead atoms. The van der Waals surface area contributed by atoms with Gasteiger partial charge in [0, 0.05) is 17.2 Å². The van der Waals surface area contributed by atoms with Crippen molar-refractivity contribution >= 4 is 11.4 Å². The van der Waals surface area contributed by atoms with Crippen LogP contribution in [0.15, 0.2) is 60.7 Å². The molecule has 3 rings (SSSR count). The maximum Gasteiger partial charge on any atom is 0.0662 e. The van der Waals surface area contributed by atoms with Gasteiger partial charge >= 0.3 is 0 Å². The minimum absolute atomic E-state index is 0.356. The lowest BCUT2D eigenvalue weighted by molar-refractivity contribution is 0.765. The third kappa shape index (κ3) is 3.75. The van der Waals surface area contributed by atoms with Crippen LogP contribution in [-0.2, 0) is 0 Å². The van der Waals surface area contributed by atoms with Gasteiger partial charge in [-0.15, -0.1) is 0 Å². The molecule has 0 radical (unpaired) electrons. The average molecular weight is 345 g/mol. The van der Waals surface area contributed by atoms with Crippen LogP contribution in [0.3, 0.4) is 0 Å². The summed E-state index contributed by atoms with van der Waals surface area (Å²) in [5.41, 5.74) is 15.6. The number of nitrogens with two attached hydrogens (primary N) is 1. The highest BCUT2D eigenvalue weighted by atomic mass is 14.9. The highest BCUT2D eigenvalue weighted by Gasteiger charge is 2.15. The van der Waals surface area contributed by atoms with Crippen molar-refractivity contribution in [3.63, 3.8) is 0 Å². The molecule has 3 aromatic rings. The van der Waals surface area contributed by atoms with Crippen molar-refractivity contribution in [2.45, 2.75) is 40.2 Å². The summed E-state index contributed by atoms with van der Waals surface area (Å²) in [4.78, 5) is 0. The zero-order chi connectivity index (χ0) is 18.7. The van der Waals surface area contributed by atoms with Crippen molar-refractivity contribution in [3.05, 3.63) is 71.8 Å². The van der Waals surface area contributed by atoms with Crippen LogP contribution in [0.5, 0.6) is 0 Å². The maximum absolute atomic E-state index is 6.66. The van der Waals surface area contributed by atoms with Crippen LogP contribution in [0.1, 0.15) is 31.4 Å². The van der Waals surface area contributed by atoms with E-state index in [1.807, 2.05) is 0 Å². The van der Waals surface area contributed by atoms with Crippen LogP contribution in [0.2, 0.25) is 0 Å². The molecule has 0 spiro atoms. The van der Waals surface area contributed by atoms with E-state index < -0.39 is 0 Å². The third-order valence-corrected chi connectivity index (χ3v) is 4.97. The van der Waals surface area contributed by atoms with Crippen molar-refractivity contribution in [2.24, 2.45) is 0 Å². The van der Waals surface area contributed by atoms with E-state index in [1.54, 1.807) is 0 Å². The van der Waals surface area contributed by atoms with E-state index in [2.05, 4.69) is 93.7 Å². The monoisotopic (exact) mass is 344 g/mol. The minimum atomic E-state index is 0.356. The lowest BCUT2D eigenvalue weighted by atomic mass is 9.95. The zero-order valence-electron chi connectivity index (χ0n) is 16.1. The Labute approximate surface area is 157 Å². The number of benzene rings is 3. The second-order valence-electron chi connectivity index (χ2n) is 7.14. The molecule has 1 unspecified atom stereocenters. The molecular weight excluding hydrogens is 316 g/mol. The van der Waals surface area contributed by atoms with Crippen molar-refractivity contribution in [3.8, 4) is 22.3 Å². The van der Waals surface area contributed by atoms with Crippen LogP contribution in [-0.4, -0.2) is 6.04 Å². The first-order chi connectivity index (χ1) is 12.5. The largest absolute Gasteiger partial charge is 0.397 e. The van der Waals surface area contributed by atoms with Crippen LogP contribution in [0, 0.1) is 13.8 Å². The molecule has 3 N–H and O–H groups in total. The first-order valence-corrected chi connectivity index (χ1v) is 9.32. The van der Waals surface area contributed by atoms with Crippen molar-refractivity contribution in [1.82, 2.24) is 0 Å². The van der Waals surface area contributed by atoms with Gasteiger partial charge in [-0.05, 0) is 38.3 Å². The molecule has 134 valence electrons. The summed E-state index contributed by atoms with van der Waals surface area (Å²) >= 11 is 0. The molecule has 0 fully saturated rings. The van der Waals surface area contributed by atoms with Gasteiger partial charge in [-0.2, -0.15) is 0 Å². The first kappa shape index (κ1) is 18.1. The third-order valence-electron chi connectivity index (χ3n) is 4.97. The first-order valence-electron chi connectivity index (χ1n) is 9.32. The summed E-state index contributed by atoms with van der Waals surface area (Å²) in [6, 6.07) is 21.8. The Morgan fingerprint density at radius 1 is 0.769 bits per heavy atom. The molecule has 0 saturated heterocycles. The van der Waals surface area contributed by atoms with Gasteiger partial charge < -0.3 is 11.1 Å². The smallest absolute Gasteiger partial charge is 0.0662 e. The number of hydrogen-bond acceptors (Lipinski definition) is 2. The highest BCUT2D eigenvalue weighted by molar-refractivity contribution is 5.95. The fourth-order valence-electron chi connectivity index (χ4n) is 3.08. The topological polar surface area (TPSA) is 38.0 Å². The van der Waals surface area contributed by atoms with E-state index in [1.165, 1.54) is 16.7 Å². The number of aryl methyl sites for hydroxylation is 2. The Morgan fingerprint density at radius 2 is 1.23 bits per heavy atom. The summed E-state index contributed by atoms with van der Waals surface area (Å²) in [7, 11) is 0. The van der Waals surface area contributed by atoms with E-state index in [0.717, 1.165) is 34.5 Å². The predicted octanol–water partition coefficient (Wildman–Crippen LogP) is 6.43. The van der Waals surface area contributed by atoms with Crippen molar-refractivity contribution in [2.75, 3.05) is 11.1 Å². The molecule has 0 amide bonds. The van der Waals surface area contributed by atoms with E-state index >= 15 is 0 Å². The molecule has 0 aromatic heterocycles.